The zero-order valence-electron chi connectivity index (χ0n) is 10.3. The second-order valence-corrected chi connectivity index (χ2v) is 5.21. The molecule has 17 heavy (non-hydrogen) atoms. The molecule has 0 atom stereocenters. The van der Waals surface area contributed by atoms with Gasteiger partial charge in [-0.25, -0.2) is 4.39 Å². The molecule has 2 aliphatic rings. The molecule has 2 aliphatic heterocycles. The predicted octanol–water partition coefficient (Wildman–Crippen LogP) is 2.29. The third-order valence-electron chi connectivity index (χ3n) is 4.31. The Morgan fingerprint density at radius 1 is 1.35 bits per heavy atom. The summed E-state index contributed by atoms with van der Waals surface area (Å²) in [5.41, 5.74) is 2.68. The van der Waals surface area contributed by atoms with Crippen LogP contribution in [0, 0.1) is 5.82 Å². The normalized spacial score (nSPS) is 21.9. The van der Waals surface area contributed by atoms with Gasteiger partial charge in [0.25, 0.3) is 0 Å². The van der Waals surface area contributed by atoms with Gasteiger partial charge in [0.2, 0.25) is 0 Å². The van der Waals surface area contributed by atoms with Crippen molar-refractivity contribution in [3.8, 4) is 0 Å². The highest BCUT2D eigenvalue weighted by atomic mass is 19.1. The van der Waals surface area contributed by atoms with Crippen LogP contribution in [0.25, 0.3) is 0 Å². The van der Waals surface area contributed by atoms with Crippen molar-refractivity contribution in [2.75, 3.05) is 31.1 Å². The number of hydrogen-bond acceptors (Lipinski definition) is 2. The summed E-state index contributed by atoms with van der Waals surface area (Å²) in [4.78, 5) is 2.39. The van der Waals surface area contributed by atoms with Crippen LogP contribution in [0.1, 0.15) is 25.3 Å². The van der Waals surface area contributed by atoms with E-state index in [-0.39, 0.29) is 11.2 Å². The van der Waals surface area contributed by atoms with E-state index in [9.17, 15) is 4.39 Å². The number of nitrogens with one attached hydrogen (secondary N) is 1. The molecule has 0 aliphatic carbocycles. The van der Waals surface area contributed by atoms with Gasteiger partial charge in [0, 0.05) is 24.2 Å². The summed E-state index contributed by atoms with van der Waals surface area (Å²) in [6.45, 7) is 6.34. The minimum absolute atomic E-state index is 0.0976. The Labute approximate surface area is 102 Å². The molecule has 2 heterocycles. The average Bonchev–Trinajstić information content (AvgIpc) is 2.64. The summed E-state index contributed by atoms with van der Waals surface area (Å²) in [7, 11) is 0. The van der Waals surface area contributed by atoms with Gasteiger partial charge in [-0.2, -0.15) is 0 Å². The summed E-state index contributed by atoms with van der Waals surface area (Å²) in [6, 6.07) is 5.29. The van der Waals surface area contributed by atoms with Crippen molar-refractivity contribution < 1.29 is 4.39 Å². The van der Waals surface area contributed by atoms with Crippen molar-refractivity contribution in [1.29, 1.82) is 0 Å². The Morgan fingerprint density at radius 2 is 2.12 bits per heavy atom. The van der Waals surface area contributed by atoms with Crippen molar-refractivity contribution in [1.82, 2.24) is 5.32 Å². The van der Waals surface area contributed by atoms with E-state index >= 15 is 0 Å². The van der Waals surface area contributed by atoms with Gasteiger partial charge >= 0.3 is 0 Å². The number of halogens is 1. The van der Waals surface area contributed by atoms with Gasteiger partial charge in [-0.3, -0.25) is 0 Å². The third-order valence-corrected chi connectivity index (χ3v) is 4.31. The van der Waals surface area contributed by atoms with Crippen molar-refractivity contribution >= 4 is 5.69 Å². The molecule has 0 bridgehead atoms. The Kier molecular flexibility index (Phi) is 2.58. The fraction of sp³-hybridized carbons (Fsp3) is 0.571. The Morgan fingerprint density at radius 3 is 2.82 bits per heavy atom. The van der Waals surface area contributed by atoms with Crippen LogP contribution in [-0.2, 0) is 5.41 Å². The van der Waals surface area contributed by atoms with Gasteiger partial charge in [0.15, 0.2) is 0 Å². The highest BCUT2D eigenvalue weighted by Crippen LogP contribution is 2.45. The van der Waals surface area contributed by atoms with E-state index in [4.69, 9.17) is 0 Å². The molecule has 1 fully saturated rings. The molecule has 92 valence electrons. The second kappa shape index (κ2) is 3.98. The van der Waals surface area contributed by atoms with E-state index in [2.05, 4.69) is 17.1 Å². The van der Waals surface area contributed by atoms with Crippen LogP contribution in [0.3, 0.4) is 0 Å². The smallest absolute Gasteiger partial charge is 0.123 e. The fourth-order valence-electron chi connectivity index (χ4n) is 3.36. The van der Waals surface area contributed by atoms with Crippen LogP contribution >= 0.6 is 0 Å². The number of piperidine rings is 1. The van der Waals surface area contributed by atoms with E-state index in [1.54, 1.807) is 12.1 Å². The van der Waals surface area contributed by atoms with E-state index < -0.39 is 0 Å². The van der Waals surface area contributed by atoms with Crippen molar-refractivity contribution in [2.24, 2.45) is 0 Å². The summed E-state index contributed by atoms with van der Waals surface area (Å²) in [5.74, 6) is -0.0976. The molecule has 0 aromatic heterocycles. The topological polar surface area (TPSA) is 15.3 Å². The van der Waals surface area contributed by atoms with Gasteiger partial charge in [-0.1, -0.05) is 0 Å². The molecular weight excluding hydrogens is 215 g/mol. The van der Waals surface area contributed by atoms with Crippen LogP contribution < -0.4 is 10.2 Å². The minimum atomic E-state index is -0.0976. The van der Waals surface area contributed by atoms with E-state index in [1.807, 2.05) is 6.07 Å². The lowest BCUT2D eigenvalue weighted by Gasteiger charge is -2.34. The first-order chi connectivity index (χ1) is 8.25. The molecule has 0 unspecified atom stereocenters. The summed E-state index contributed by atoms with van der Waals surface area (Å²) in [6.07, 6.45) is 2.25. The first-order valence-corrected chi connectivity index (χ1v) is 6.51. The minimum Gasteiger partial charge on any atom is -0.371 e. The van der Waals surface area contributed by atoms with Crippen molar-refractivity contribution in [2.45, 2.75) is 25.2 Å². The third kappa shape index (κ3) is 1.64. The maximum absolute atomic E-state index is 13.5. The summed E-state index contributed by atoms with van der Waals surface area (Å²) < 4.78 is 13.5. The first-order valence-electron chi connectivity index (χ1n) is 6.51. The number of nitrogens with zero attached hydrogens (tertiary/aromatic N) is 1. The maximum Gasteiger partial charge on any atom is 0.123 e. The lowest BCUT2D eigenvalue weighted by molar-refractivity contribution is 0.325. The predicted molar refractivity (Wildman–Crippen MR) is 68.1 cm³/mol. The number of anilines is 1. The van der Waals surface area contributed by atoms with Crippen LogP contribution in [0.2, 0.25) is 0 Å². The van der Waals surface area contributed by atoms with Gasteiger partial charge in [0.1, 0.15) is 5.82 Å². The quantitative estimate of drug-likeness (QED) is 0.802. The van der Waals surface area contributed by atoms with Crippen LogP contribution in [-0.4, -0.2) is 26.2 Å². The number of hydrogen-bond donors (Lipinski definition) is 1. The van der Waals surface area contributed by atoms with Gasteiger partial charge < -0.3 is 10.2 Å². The summed E-state index contributed by atoms with van der Waals surface area (Å²) >= 11 is 0. The standard InChI is InChI=1S/C14H19FN2/c1-2-17-10-14(5-7-16-8-6-14)12-9-11(15)3-4-13(12)17/h3-4,9,16H,2,5-8,10H2,1H3. The first kappa shape index (κ1) is 11.0. The molecule has 0 radical (unpaired) electrons. The average molecular weight is 234 g/mol. The van der Waals surface area contributed by atoms with Gasteiger partial charge in [-0.15, -0.1) is 0 Å². The molecule has 3 rings (SSSR count). The molecule has 0 amide bonds. The van der Waals surface area contributed by atoms with E-state index in [0.29, 0.717) is 0 Å². The molecule has 3 heteroatoms. The lowest BCUT2D eigenvalue weighted by Crippen LogP contribution is -2.43. The fourth-order valence-corrected chi connectivity index (χ4v) is 3.36. The maximum atomic E-state index is 13.5. The SMILES string of the molecule is CCN1CC2(CCNCC2)c2cc(F)ccc21. The number of benzene rings is 1. The molecule has 1 N–H and O–H groups in total. The molecule has 0 saturated carbocycles. The lowest BCUT2D eigenvalue weighted by atomic mass is 9.75. The zero-order valence-corrected chi connectivity index (χ0v) is 10.3. The molecule has 1 aromatic carbocycles. The van der Waals surface area contributed by atoms with E-state index in [1.165, 1.54) is 11.3 Å². The van der Waals surface area contributed by atoms with Crippen LogP contribution in [0.4, 0.5) is 10.1 Å². The Bertz CT molecular complexity index is 424. The van der Waals surface area contributed by atoms with Crippen molar-refractivity contribution in [3.63, 3.8) is 0 Å². The van der Waals surface area contributed by atoms with Crippen LogP contribution in [0.15, 0.2) is 18.2 Å². The Hall–Kier alpha value is -1.09. The van der Waals surface area contributed by atoms with Gasteiger partial charge in [-0.05, 0) is 56.6 Å². The molecular formula is C14H19FN2. The largest absolute Gasteiger partial charge is 0.371 e. The highest BCUT2D eigenvalue weighted by Gasteiger charge is 2.42. The number of rotatable bonds is 1. The molecule has 1 spiro atoms. The molecule has 2 nitrogen and oxygen atoms in total. The van der Waals surface area contributed by atoms with Crippen molar-refractivity contribution in [3.05, 3.63) is 29.6 Å². The monoisotopic (exact) mass is 234 g/mol. The number of likely N-dealkylation sites (N-methyl/N-ethyl adjacent to an activating group) is 1. The molecule has 1 aromatic rings. The highest BCUT2D eigenvalue weighted by molar-refractivity contribution is 5.63. The van der Waals surface area contributed by atoms with Crippen LogP contribution in [0.5, 0.6) is 0 Å². The zero-order chi connectivity index (χ0) is 11.9. The molecule has 1 saturated heterocycles. The number of fused-ring (bicyclic) bond motifs is 2. The van der Waals surface area contributed by atoms with Gasteiger partial charge in [0.05, 0.1) is 0 Å². The second-order valence-electron chi connectivity index (χ2n) is 5.21. The Balaban J connectivity index is 2.07. The van der Waals surface area contributed by atoms with E-state index in [0.717, 1.165) is 39.0 Å². The summed E-state index contributed by atoms with van der Waals surface area (Å²) in [5, 5.41) is 3.40.